The molecule has 0 unspecified atom stereocenters. The molecule has 4 rings (SSSR count). The van der Waals surface area contributed by atoms with Crippen molar-refractivity contribution in [3.63, 3.8) is 0 Å². The van der Waals surface area contributed by atoms with Gasteiger partial charge in [-0.15, -0.1) is 0 Å². The highest BCUT2D eigenvalue weighted by molar-refractivity contribution is 6.30. The summed E-state index contributed by atoms with van der Waals surface area (Å²) in [7, 11) is 1.58. The van der Waals surface area contributed by atoms with E-state index >= 15 is 0 Å². The van der Waals surface area contributed by atoms with Gasteiger partial charge < -0.3 is 9.64 Å². The van der Waals surface area contributed by atoms with Crippen molar-refractivity contribution in [2.75, 3.05) is 20.2 Å². The number of hydrogen-bond acceptors (Lipinski definition) is 3. The fourth-order valence-corrected chi connectivity index (χ4v) is 3.87. The SMILES string of the molecule is COc1ccc(C(=O)N2C/C(=C\c3ccc(Cl)cc3)C(=O)/C(=C/c3ccc(Cl)cc3)C2)cc1. The summed E-state index contributed by atoms with van der Waals surface area (Å²) in [5.41, 5.74) is 3.28. The third-order valence-electron chi connectivity index (χ3n) is 5.35. The molecule has 1 heterocycles. The summed E-state index contributed by atoms with van der Waals surface area (Å²) in [6.07, 6.45) is 3.61. The molecule has 0 radical (unpaired) electrons. The van der Waals surface area contributed by atoms with Crippen LogP contribution in [-0.2, 0) is 4.79 Å². The Kier molecular flexibility index (Phi) is 6.97. The molecule has 1 saturated heterocycles. The average Bonchev–Trinajstić information content (AvgIpc) is 2.84. The maximum absolute atomic E-state index is 13.3. The molecule has 3 aromatic rings. The average molecular weight is 478 g/mol. The lowest BCUT2D eigenvalue weighted by Gasteiger charge is -2.30. The lowest BCUT2D eigenvalue weighted by Crippen LogP contribution is -2.41. The van der Waals surface area contributed by atoms with Crippen LogP contribution in [0.2, 0.25) is 10.0 Å². The van der Waals surface area contributed by atoms with Gasteiger partial charge in [0.05, 0.1) is 20.2 Å². The van der Waals surface area contributed by atoms with Gasteiger partial charge in [0.15, 0.2) is 5.78 Å². The number of Topliss-reactive ketones (excluding diaryl/α,β-unsaturated/α-hetero) is 1. The summed E-state index contributed by atoms with van der Waals surface area (Å²) in [4.78, 5) is 28.3. The molecule has 6 heteroatoms. The summed E-state index contributed by atoms with van der Waals surface area (Å²) in [6, 6.07) is 21.4. The smallest absolute Gasteiger partial charge is 0.254 e. The summed E-state index contributed by atoms with van der Waals surface area (Å²) in [5.74, 6) is 0.430. The van der Waals surface area contributed by atoms with E-state index in [-0.39, 0.29) is 24.8 Å². The molecule has 1 amide bonds. The molecule has 0 atom stereocenters. The van der Waals surface area contributed by atoms with Gasteiger partial charge in [-0.25, -0.2) is 0 Å². The molecule has 3 aromatic carbocycles. The van der Waals surface area contributed by atoms with Crippen LogP contribution in [0, 0.1) is 0 Å². The maximum atomic E-state index is 13.3. The van der Waals surface area contributed by atoms with Crippen molar-refractivity contribution in [1.29, 1.82) is 0 Å². The highest BCUT2D eigenvalue weighted by Gasteiger charge is 2.29. The molecule has 166 valence electrons. The van der Waals surface area contributed by atoms with Crippen molar-refractivity contribution >= 4 is 47.0 Å². The third kappa shape index (κ3) is 5.54. The van der Waals surface area contributed by atoms with Crippen molar-refractivity contribution in [1.82, 2.24) is 4.90 Å². The Morgan fingerprint density at radius 1 is 0.788 bits per heavy atom. The number of methoxy groups -OCH3 is 1. The molecular weight excluding hydrogens is 457 g/mol. The number of ketones is 1. The second-order valence-corrected chi connectivity index (χ2v) is 8.53. The Bertz CT molecular complexity index is 1160. The van der Waals surface area contributed by atoms with E-state index in [9.17, 15) is 9.59 Å². The van der Waals surface area contributed by atoms with Crippen LogP contribution in [0.5, 0.6) is 5.75 Å². The predicted molar refractivity (Wildman–Crippen MR) is 133 cm³/mol. The molecule has 0 aromatic heterocycles. The van der Waals surface area contributed by atoms with E-state index in [1.54, 1.807) is 60.5 Å². The van der Waals surface area contributed by atoms with Gasteiger partial charge in [0, 0.05) is 26.8 Å². The predicted octanol–water partition coefficient (Wildman–Crippen LogP) is 6.19. The number of rotatable bonds is 4. The highest BCUT2D eigenvalue weighted by Crippen LogP contribution is 2.25. The minimum Gasteiger partial charge on any atom is -0.497 e. The standard InChI is InChI=1S/C27H21Cl2NO3/c1-33-25-12-6-20(7-13-25)27(32)30-16-21(14-18-2-8-23(28)9-3-18)26(31)22(17-30)15-19-4-10-24(29)11-5-19/h2-15H,16-17H2,1H3/b21-14+,22-15+. The Balaban J connectivity index is 1.70. The Hall–Kier alpha value is -3.34. The summed E-state index contributed by atoms with van der Waals surface area (Å²) in [6.45, 7) is 0.425. The maximum Gasteiger partial charge on any atom is 0.254 e. The van der Waals surface area contributed by atoms with E-state index in [2.05, 4.69) is 0 Å². The van der Waals surface area contributed by atoms with Crippen LogP contribution in [0.1, 0.15) is 21.5 Å². The largest absolute Gasteiger partial charge is 0.497 e. The van der Waals surface area contributed by atoms with Gasteiger partial charge in [0.25, 0.3) is 5.91 Å². The number of likely N-dealkylation sites (tertiary alicyclic amines) is 1. The van der Waals surface area contributed by atoms with Crippen molar-refractivity contribution in [2.45, 2.75) is 0 Å². The number of piperidine rings is 1. The summed E-state index contributed by atoms with van der Waals surface area (Å²) < 4.78 is 5.19. The van der Waals surface area contributed by atoms with E-state index < -0.39 is 0 Å². The zero-order valence-corrected chi connectivity index (χ0v) is 19.4. The molecule has 1 aliphatic heterocycles. The fourth-order valence-electron chi connectivity index (χ4n) is 3.62. The first-order valence-electron chi connectivity index (χ1n) is 10.3. The molecular formula is C27H21Cl2NO3. The van der Waals surface area contributed by atoms with E-state index in [0.717, 1.165) is 11.1 Å². The van der Waals surface area contributed by atoms with Gasteiger partial charge in [-0.3, -0.25) is 9.59 Å². The molecule has 4 nitrogen and oxygen atoms in total. The summed E-state index contributed by atoms with van der Waals surface area (Å²) in [5, 5.41) is 1.23. The van der Waals surface area contributed by atoms with Crippen LogP contribution < -0.4 is 4.74 Å². The van der Waals surface area contributed by atoms with Crippen molar-refractivity contribution in [3.05, 3.63) is 111 Å². The van der Waals surface area contributed by atoms with Crippen molar-refractivity contribution < 1.29 is 14.3 Å². The van der Waals surface area contributed by atoms with Crippen LogP contribution >= 0.6 is 23.2 Å². The first-order chi connectivity index (χ1) is 15.9. The molecule has 0 N–H and O–H groups in total. The topological polar surface area (TPSA) is 46.6 Å². The van der Waals surface area contributed by atoms with Crippen LogP contribution in [0.4, 0.5) is 0 Å². The van der Waals surface area contributed by atoms with Crippen LogP contribution in [-0.4, -0.2) is 36.8 Å². The zero-order chi connectivity index (χ0) is 23.4. The van der Waals surface area contributed by atoms with E-state index in [1.807, 2.05) is 36.4 Å². The van der Waals surface area contributed by atoms with Crippen molar-refractivity contribution in [2.24, 2.45) is 0 Å². The lowest BCUT2D eigenvalue weighted by atomic mass is 9.93. The minimum absolute atomic E-state index is 0.0846. The number of hydrogen-bond donors (Lipinski definition) is 0. The number of ether oxygens (including phenoxy) is 1. The van der Waals surface area contributed by atoms with Crippen LogP contribution in [0.25, 0.3) is 12.2 Å². The molecule has 1 aliphatic rings. The zero-order valence-electron chi connectivity index (χ0n) is 17.9. The fraction of sp³-hybridized carbons (Fsp3) is 0.111. The van der Waals surface area contributed by atoms with Crippen molar-refractivity contribution in [3.8, 4) is 5.75 Å². The molecule has 0 spiro atoms. The van der Waals surface area contributed by atoms with Gasteiger partial charge >= 0.3 is 0 Å². The molecule has 0 aliphatic carbocycles. The molecule has 0 bridgehead atoms. The first-order valence-corrected chi connectivity index (χ1v) is 11.1. The number of amides is 1. The summed E-state index contributed by atoms with van der Waals surface area (Å²) >= 11 is 12.0. The Morgan fingerprint density at radius 3 is 1.67 bits per heavy atom. The molecule has 33 heavy (non-hydrogen) atoms. The van der Waals surface area contributed by atoms with E-state index in [4.69, 9.17) is 27.9 Å². The van der Waals surface area contributed by atoms with E-state index in [1.165, 1.54) is 0 Å². The Morgan fingerprint density at radius 2 is 1.24 bits per heavy atom. The lowest BCUT2D eigenvalue weighted by molar-refractivity contribution is -0.113. The van der Waals surface area contributed by atoms with Gasteiger partial charge in [-0.2, -0.15) is 0 Å². The number of halogens is 2. The van der Waals surface area contributed by atoms with Crippen LogP contribution in [0.3, 0.4) is 0 Å². The van der Waals surface area contributed by atoms with E-state index in [0.29, 0.717) is 32.5 Å². The minimum atomic E-state index is -0.158. The second kappa shape index (κ2) is 10.1. The number of benzene rings is 3. The number of nitrogens with zero attached hydrogens (tertiary/aromatic N) is 1. The number of carbonyl (C=O) groups excluding carboxylic acids is 2. The monoisotopic (exact) mass is 477 g/mol. The highest BCUT2D eigenvalue weighted by atomic mass is 35.5. The molecule has 1 fully saturated rings. The van der Waals surface area contributed by atoms with Crippen LogP contribution in [0.15, 0.2) is 83.9 Å². The molecule has 0 saturated carbocycles. The normalized spacial score (nSPS) is 16.3. The Labute approximate surface area is 202 Å². The van der Waals surface area contributed by atoms with Gasteiger partial charge in [-0.1, -0.05) is 47.5 Å². The quantitative estimate of drug-likeness (QED) is 0.420. The third-order valence-corrected chi connectivity index (χ3v) is 5.86. The van der Waals surface area contributed by atoms with Gasteiger partial charge in [0.2, 0.25) is 0 Å². The van der Waals surface area contributed by atoms with Gasteiger partial charge in [-0.05, 0) is 71.8 Å². The van der Waals surface area contributed by atoms with Gasteiger partial charge in [0.1, 0.15) is 5.75 Å². The second-order valence-electron chi connectivity index (χ2n) is 7.66. The first kappa shape index (κ1) is 22.8. The number of carbonyl (C=O) groups is 2.